The zero-order chi connectivity index (χ0) is 13.3. The third kappa shape index (κ3) is 9.08. The number of carbonyl (C=O) groups is 1. The number of hydrogen-bond acceptors (Lipinski definition) is 5. The van der Waals surface area contributed by atoms with Crippen molar-refractivity contribution in [3.63, 3.8) is 0 Å². The minimum atomic E-state index is -3.46. The molecule has 1 unspecified atom stereocenters. The average Bonchev–Trinajstić information content (AvgIpc) is 2.26. The smallest absolute Gasteiger partial charge is 0.306 e. The van der Waals surface area contributed by atoms with Crippen LogP contribution in [0, 0.1) is 0 Å². The van der Waals surface area contributed by atoms with E-state index in [9.17, 15) is 18.3 Å². The van der Waals surface area contributed by atoms with Crippen molar-refractivity contribution in [1.82, 2.24) is 4.72 Å². The normalized spacial score (nSPS) is 13.4. The molecular formula is C10H21NO5S. The SMILES string of the molecule is CCOC(=O)CCS(=O)(=O)NCCC(O)CC. The van der Waals surface area contributed by atoms with Gasteiger partial charge in [0.1, 0.15) is 0 Å². The molecule has 17 heavy (non-hydrogen) atoms. The summed E-state index contributed by atoms with van der Waals surface area (Å²) in [5, 5.41) is 9.23. The van der Waals surface area contributed by atoms with Crippen LogP contribution in [0.4, 0.5) is 0 Å². The molecule has 1 atom stereocenters. The maximum atomic E-state index is 11.4. The standard InChI is InChI=1S/C10H21NO5S/c1-3-9(12)5-7-11-17(14,15)8-6-10(13)16-4-2/h9,11-12H,3-8H2,1-2H3. The lowest BCUT2D eigenvalue weighted by Gasteiger charge is -2.09. The molecular weight excluding hydrogens is 246 g/mol. The van der Waals surface area contributed by atoms with E-state index in [2.05, 4.69) is 9.46 Å². The first-order chi connectivity index (χ1) is 7.91. The number of sulfonamides is 1. The first kappa shape index (κ1) is 16.3. The van der Waals surface area contributed by atoms with E-state index in [4.69, 9.17) is 0 Å². The molecule has 102 valence electrons. The molecule has 0 saturated carbocycles. The van der Waals surface area contributed by atoms with Crippen LogP contribution in [-0.4, -0.2) is 44.5 Å². The van der Waals surface area contributed by atoms with Gasteiger partial charge in [0, 0.05) is 6.54 Å². The Kier molecular flexibility index (Phi) is 8.11. The maximum Gasteiger partial charge on any atom is 0.306 e. The van der Waals surface area contributed by atoms with Crippen molar-refractivity contribution in [3.05, 3.63) is 0 Å². The van der Waals surface area contributed by atoms with Crippen LogP contribution in [0.3, 0.4) is 0 Å². The van der Waals surface area contributed by atoms with E-state index in [1.807, 2.05) is 6.92 Å². The van der Waals surface area contributed by atoms with Crippen molar-refractivity contribution in [2.45, 2.75) is 39.2 Å². The molecule has 0 fully saturated rings. The molecule has 0 saturated heterocycles. The summed E-state index contributed by atoms with van der Waals surface area (Å²) in [5.74, 6) is -0.805. The summed E-state index contributed by atoms with van der Waals surface area (Å²) >= 11 is 0. The Morgan fingerprint density at radius 2 is 2.06 bits per heavy atom. The minimum absolute atomic E-state index is 0.153. The predicted octanol–water partition coefficient (Wildman–Crippen LogP) is 0.0200. The lowest BCUT2D eigenvalue weighted by molar-refractivity contribution is -0.142. The van der Waals surface area contributed by atoms with Crippen molar-refractivity contribution in [2.75, 3.05) is 18.9 Å². The molecule has 0 bridgehead atoms. The quantitative estimate of drug-likeness (QED) is 0.574. The number of carbonyl (C=O) groups excluding carboxylic acids is 1. The van der Waals surface area contributed by atoms with Crippen molar-refractivity contribution < 1.29 is 23.1 Å². The Labute approximate surface area is 102 Å². The second-order valence-corrected chi connectivity index (χ2v) is 5.55. The zero-order valence-corrected chi connectivity index (χ0v) is 11.1. The molecule has 2 N–H and O–H groups in total. The summed E-state index contributed by atoms with van der Waals surface area (Å²) in [6, 6.07) is 0. The van der Waals surface area contributed by atoms with Crippen LogP contribution in [0.2, 0.25) is 0 Å². The van der Waals surface area contributed by atoms with Gasteiger partial charge in [-0.15, -0.1) is 0 Å². The summed E-state index contributed by atoms with van der Waals surface area (Å²) in [6.45, 7) is 3.91. The Morgan fingerprint density at radius 3 is 2.59 bits per heavy atom. The van der Waals surface area contributed by atoms with Crippen molar-refractivity contribution in [1.29, 1.82) is 0 Å². The average molecular weight is 267 g/mol. The molecule has 0 aromatic carbocycles. The van der Waals surface area contributed by atoms with Crippen molar-refractivity contribution in [2.24, 2.45) is 0 Å². The molecule has 0 radical (unpaired) electrons. The Morgan fingerprint density at radius 1 is 1.41 bits per heavy atom. The highest BCUT2D eigenvalue weighted by Crippen LogP contribution is 1.97. The van der Waals surface area contributed by atoms with Gasteiger partial charge in [-0.1, -0.05) is 6.92 Å². The molecule has 0 aliphatic carbocycles. The van der Waals surface area contributed by atoms with Crippen molar-refractivity contribution in [3.8, 4) is 0 Å². The van der Waals surface area contributed by atoms with Crippen LogP contribution >= 0.6 is 0 Å². The van der Waals surface area contributed by atoms with Gasteiger partial charge in [0.25, 0.3) is 0 Å². The molecule has 0 aliphatic heterocycles. The molecule has 0 aromatic heterocycles. The van der Waals surface area contributed by atoms with Gasteiger partial charge in [-0.05, 0) is 19.8 Å². The van der Waals surface area contributed by atoms with Gasteiger partial charge >= 0.3 is 5.97 Å². The summed E-state index contributed by atoms with van der Waals surface area (Å²) in [6.07, 6.45) is 0.307. The van der Waals surface area contributed by atoms with Gasteiger partial charge in [0.05, 0.1) is 24.9 Å². The second kappa shape index (κ2) is 8.43. The van der Waals surface area contributed by atoms with Crippen LogP contribution in [-0.2, 0) is 19.6 Å². The van der Waals surface area contributed by atoms with E-state index in [1.165, 1.54) is 0 Å². The second-order valence-electron chi connectivity index (χ2n) is 3.62. The summed E-state index contributed by atoms with van der Waals surface area (Å²) in [5.41, 5.74) is 0. The number of nitrogens with one attached hydrogen (secondary N) is 1. The van der Waals surface area contributed by atoms with E-state index < -0.39 is 22.1 Å². The molecule has 0 heterocycles. The molecule has 0 aliphatic rings. The minimum Gasteiger partial charge on any atom is -0.466 e. The summed E-state index contributed by atoms with van der Waals surface area (Å²) in [7, 11) is -3.46. The molecule has 0 aromatic rings. The highest BCUT2D eigenvalue weighted by atomic mass is 32.2. The largest absolute Gasteiger partial charge is 0.466 e. The Bertz CT molecular complexity index is 315. The highest BCUT2D eigenvalue weighted by Gasteiger charge is 2.13. The van der Waals surface area contributed by atoms with Gasteiger partial charge in [0.15, 0.2) is 0 Å². The van der Waals surface area contributed by atoms with E-state index >= 15 is 0 Å². The highest BCUT2D eigenvalue weighted by molar-refractivity contribution is 7.89. The number of esters is 1. The van der Waals surface area contributed by atoms with Gasteiger partial charge in [0.2, 0.25) is 10.0 Å². The first-order valence-electron chi connectivity index (χ1n) is 5.72. The van der Waals surface area contributed by atoms with Crippen LogP contribution in [0.15, 0.2) is 0 Å². The van der Waals surface area contributed by atoms with E-state index in [1.54, 1.807) is 6.92 Å². The van der Waals surface area contributed by atoms with Gasteiger partial charge in [-0.25, -0.2) is 13.1 Å². The molecule has 0 rings (SSSR count). The fourth-order valence-electron chi connectivity index (χ4n) is 1.11. The van der Waals surface area contributed by atoms with E-state index in [-0.39, 0.29) is 25.3 Å². The monoisotopic (exact) mass is 267 g/mol. The van der Waals surface area contributed by atoms with Crippen LogP contribution < -0.4 is 4.72 Å². The number of rotatable bonds is 9. The third-order valence-corrected chi connectivity index (χ3v) is 3.54. The predicted molar refractivity (Wildman–Crippen MR) is 64.0 cm³/mol. The fourth-order valence-corrected chi connectivity index (χ4v) is 2.12. The van der Waals surface area contributed by atoms with Crippen molar-refractivity contribution >= 4 is 16.0 Å². The third-order valence-electron chi connectivity index (χ3n) is 2.15. The van der Waals surface area contributed by atoms with Crippen LogP contribution in [0.5, 0.6) is 0 Å². The molecule has 7 heteroatoms. The topological polar surface area (TPSA) is 92.7 Å². The van der Waals surface area contributed by atoms with Gasteiger partial charge in [-0.3, -0.25) is 4.79 Å². The Hall–Kier alpha value is -0.660. The summed E-state index contributed by atoms with van der Waals surface area (Å²) in [4.78, 5) is 11.0. The lowest BCUT2D eigenvalue weighted by Crippen LogP contribution is -2.30. The lowest BCUT2D eigenvalue weighted by atomic mass is 10.2. The van der Waals surface area contributed by atoms with Crippen LogP contribution in [0.1, 0.15) is 33.1 Å². The zero-order valence-electron chi connectivity index (χ0n) is 10.3. The fraction of sp³-hybridized carbons (Fsp3) is 0.900. The number of ether oxygens (including phenoxy) is 1. The van der Waals surface area contributed by atoms with E-state index in [0.717, 1.165) is 0 Å². The summed E-state index contributed by atoms with van der Waals surface area (Å²) < 4.78 is 29.8. The van der Waals surface area contributed by atoms with E-state index in [0.29, 0.717) is 12.8 Å². The molecule has 0 amide bonds. The number of aliphatic hydroxyl groups excluding tert-OH is 1. The number of hydrogen-bond donors (Lipinski definition) is 2. The maximum absolute atomic E-state index is 11.4. The molecule has 6 nitrogen and oxygen atoms in total. The number of aliphatic hydroxyl groups is 1. The first-order valence-corrected chi connectivity index (χ1v) is 7.37. The molecule has 0 spiro atoms. The van der Waals surface area contributed by atoms with Crippen LogP contribution in [0.25, 0.3) is 0 Å². The van der Waals surface area contributed by atoms with Gasteiger partial charge < -0.3 is 9.84 Å². The van der Waals surface area contributed by atoms with Gasteiger partial charge in [-0.2, -0.15) is 0 Å². The Balaban J connectivity index is 3.84.